The van der Waals surface area contributed by atoms with Crippen LogP contribution in [-0.4, -0.2) is 26.9 Å². The van der Waals surface area contributed by atoms with Gasteiger partial charge in [-0.25, -0.2) is 4.79 Å². The number of aromatic nitrogens is 1. The van der Waals surface area contributed by atoms with Crippen molar-refractivity contribution in [3.05, 3.63) is 11.9 Å². The van der Waals surface area contributed by atoms with Crippen LogP contribution in [0.3, 0.4) is 0 Å². The lowest BCUT2D eigenvalue weighted by Crippen LogP contribution is -2.22. The third-order valence-electron chi connectivity index (χ3n) is 3.06. The number of nitrogens with one attached hydrogen (secondary N) is 1. The van der Waals surface area contributed by atoms with Crippen molar-refractivity contribution < 1.29 is 9.90 Å². The lowest BCUT2D eigenvalue weighted by Gasteiger charge is -2.22. The van der Waals surface area contributed by atoms with E-state index in [1.807, 2.05) is 6.20 Å². The smallest absolute Gasteiger partial charge is 0.353 e. The number of aromatic carboxylic acids is 1. The van der Waals surface area contributed by atoms with Gasteiger partial charge in [0.1, 0.15) is 5.69 Å². The first-order valence-electron chi connectivity index (χ1n) is 4.97. The minimum atomic E-state index is -0.842. The van der Waals surface area contributed by atoms with Crippen molar-refractivity contribution in [3.8, 4) is 0 Å². The number of nitrogens with zero attached hydrogens (tertiary/aromatic N) is 1. The second-order valence-electron chi connectivity index (χ2n) is 4.28. The minimum Gasteiger partial charge on any atom is -0.477 e. The maximum Gasteiger partial charge on any atom is 0.353 e. The molecule has 0 amide bonds. The van der Waals surface area contributed by atoms with E-state index < -0.39 is 5.97 Å². The third-order valence-corrected chi connectivity index (χ3v) is 4.67. The summed E-state index contributed by atoms with van der Waals surface area (Å²) >= 11 is 1.74. The highest BCUT2D eigenvalue weighted by Gasteiger charge is 2.47. The van der Waals surface area contributed by atoms with Crippen LogP contribution >= 0.6 is 11.8 Å². The van der Waals surface area contributed by atoms with Gasteiger partial charge in [-0.15, -0.1) is 11.8 Å². The van der Waals surface area contributed by atoms with Gasteiger partial charge in [0, 0.05) is 24.5 Å². The first-order valence-corrected chi connectivity index (χ1v) is 5.78. The Morgan fingerprint density at radius 2 is 2.40 bits per heavy atom. The molecule has 0 unspecified atom stereocenters. The molecule has 1 spiro atoms. The summed E-state index contributed by atoms with van der Waals surface area (Å²) in [7, 11) is 1.78. The summed E-state index contributed by atoms with van der Waals surface area (Å²) in [6, 6.07) is 0. The van der Waals surface area contributed by atoms with E-state index in [-0.39, 0.29) is 0 Å². The van der Waals surface area contributed by atoms with Crippen LogP contribution in [-0.2, 0) is 7.05 Å². The number of carboxylic acid groups (broad SMARTS) is 1. The molecule has 1 aromatic rings. The first-order chi connectivity index (χ1) is 7.11. The van der Waals surface area contributed by atoms with Crippen LogP contribution in [0.25, 0.3) is 0 Å². The van der Waals surface area contributed by atoms with E-state index in [9.17, 15) is 4.79 Å². The summed E-state index contributed by atoms with van der Waals surface area (Å²) in [5, 5.41) is 12.5. The molecule has 0 radical (unpaired) electrons. The summed E-state index contributed by atoms with van der Waals surface area (Å²) in [6.07, 6.45) is 4.25. The molecule has 0 aromatic carbocycles. The molecule has 1 fully saturated rings. The van der Waals surface area contributed by atoms with Crippen LogP contribution in [0, 0.1) is 0 Å². The summed E-state index contributed by atoms with van der Waals surface area (Å²) in [5.41, 5.74) is 1.38. The van der Waals surface area contributed by atoms with Crippen molar-refractivity contribution in [1.82, 2.24) is 4.57 Å². The molecule has 1 aliphatic heterocycles. The topological polar surface area (TPSA) is 54.3 Å². The van der Waals surface area contributed by atoms with Gasteiger partial charge in [0.25, 0.3) is 0 Å². The van der Waals surface area contributed by atoms with E-state index in [4.69, 9.17) is 5.11 Å². The van der Waals surface area contributed by atoms with E-state index >= 15 is 0 Å². The fourth-order valence-corrected chi connectivity index (χ4v) is 3.46. The largest absolute Gasteiger partial charge is 0.477 e. The van der Waals surface area contributed by atoms with Crippen LogP contribution in [0.2, 0.25) is 0 Å². The molecule has 1 aromatic heterocycles. The van der Waals surface area contributed by atoms with E-state index in [1.165, 1.54) is 12.8 Å². The molecule has 1 aliphatic carbocycles. The second kappa shape index (κ2) is 2.72. The predicted octanol–water partition coefficient (Wildman–Crippen LogP) is 1.77. The molecular weight excluding hydrogens is 212 g/mol. The van der Waals surface area contributed by atoms with Crippen LogP contribution in [0.5, 0.6) is 0 Å². The van der Waals surface area contributed by atoms with E-state index in [0.29, 0.717) is 10.4 Å². The van der Waals surface area contributed by atoms with Gasteiger partial charge in [-0.3, -0.25) is 0 Å². The van der Waals surface area contributed by atoms with E-state index in [0.717, 1.165) is 17.1 Å². The number of anilines is 1. The Bertz CT molecular complexity index is 449. The quantitative estimate of drug-likeness (QED) is 0.763. The summed E-state index contributed by atoms with van der Waals surface area (Å²) < 4.78 is 1.98. The Morgan fingerprint density at radius 3 is 3.00 bits per heavy atom. The zero-order chi connectivity index (χ0) is 10.6. The number of rotatable bonds is 1. The summed E-state index contributed by atoms with van der Waals surface area (Å²) in [5.74, 6) is -0.842. The highest BCUT2D eigenvalue weighted by atomic mass is 32.2. The molecule has 15 heavy (non-hydrogen) atoms. The lowest BCUT2D eigenvalue weighted by atomic mass is 10.3. The van der Waals surface area contributed by atoms with Crippen LogP contribution < -0.4 is 5.32 Å². The maximum absolute atomic E-state index is 11.1. The normalized spacial score (nSPS) is 20.9. The number of hydrogen-bond acceptors (Lipinski definition) is 3. The SMILES string of the molecule is Cn1cc2c(c1C(=O)O)SC1(CC1)CN2. The molecule has 2 heterocycles. The van der Waals surface area contributed by atoms with Gasteiger partial charge in [0.2, 0.25) is 0 Å². The number of carboxylic acids is 1. The van der Waals surface area contributed by atoms with Gasteiger partial charge >= 0.3 is 5.97 Å². The average Bonchev–Trinajstić information content (AvgIpc) is 2.81. The second-order valence-corrected chi connectivity index (χ2v) is 5.75. The fraction of sp³-hybridized carbons (Fsp3) is 0.500. The number of thioether (sulfide) groups is 1. The molecule has 4 nitrogen and oxygen atoms in total. The van der Waals surface area contributed by atoms with Gasteiger partial charge in [-0.05, 0) is 12.8 Å². The Morgan fingerprint density at radius 1 is 1.67 bits per heavy atom. The summed E-state index contributed by atoms with van der Waals surface area (Å²) in [4.78, 5) is 12.0. The Labute approximate surface area is 91.7 Å². The van der Waals surface area contributed by atoms with Crippen molar-refractivity contribution in [1.29, 1.82) is 0 Å². The number of hydrogen-bond donors (Lipinski definition) is 2. The highest BCUT2D eigenvalue weighted by molar-refractivity contribution is 8.01. The molecule has 1 saturated carbocycles. The van der Waals surface area contributed by atoms with Crippen molar-refractivity contribution in [2.24, 2.45) is 7.05 Å². The number of aryl methyl sites for hydroxylation is 1. The zero-order valence-corrected chi connectivity index (χ0v) is 9.23. The molecule has 5 heteroatoms. The van der Waals surface area contributed by atoms with E-state index in [2.05, 4.69) is 5.32 Å². The van der Waals surface area contributed by atoms with Crippen molar-refractivity contribution >= 4 is 23.4 Å². The highest BCUT2D eigenvalue weighted by Crippen LogP contribution is 2.56. The molecule has 0 atom stereocenters. The molecular formula is C10H12N2O2S. The zero-order valence-electron chi connectivity index (χ0n) is 8.41. The van der Waals surface area contributed by atoms with Crippen LogP contribution in [0.15, 0.2) is 11.1 Å². The molecule has 0 bridgehead atoms. The van der Waals surface area contributed by atoms with Gasteiger partial charge in [-0.2, -0.15) is 0 Å². The van der Waals surface area contributed by atoms with Crippen molar-refractivity contribution in [2.45, 2.75) is 22.5 Å². The number of fused-ring (bicyclic) bond motifs is 1. The molecule has 3 rings (SSSR count). The van der Waals surface area contributed by atoms with Gasteiger partial charge in [0.15, 0.2) is 0 Å². The van der Waals surface area contributed by atoms with Gasteiger partial charge in [-0.1, -0.05) is 0 Å². The summed E-state index contributed by atoms with van der Waals surface area (Å²) in [6.45, 7) is 0.966. The predicted molar refractivity (Wildman–Crippen MR) is 58.7 cm³/mol. The van der Waals surface area contributed by atoms with Crippen LogP contribution in [0.1, 0.15) is 23.3 Å². The molecule has 2 N–H and O–H groups in total. The Balaban J connectivity index is 2.09. The maximum atomic E-state index is 11.1. The van der Waals surface area contributed by atoms with Crippen molar-refractivity contribution in [2.75, 3.05) is 11.9 Å². The first kappa shape index (κ1) is 9.15. The standard InChI is InChI=1S/C10H12N2O2S/c1-12-4-6-8(7(12)9(13)14)15-10(2-3-10)5-11-6/h4,11H,2-3,5H2,1H3,(H,13,14). The average molecular weight is 224 g/mol. The minimum absolute atomic E-state index is 0.290. The van der Waals surface area contributed by atoms with Gasteiger partial charge in [0.05, 0.1) is 10.6 Å². The van der Waals surface area contributed by atoms with Gasteiger partial charge < -0.3 is 15.0 Å². The van der Waals surface area contributed by atoms with Crippen molar-refractivity contribution in [3.63, 3.8) is 0 Å². The third kappa shape index (κ3) is 1.26. The fourth-order valence-electron chi connectivity index (χ4n) is 2.01. The Kier molecular flexibility index (Phi) is 1.66. The van der Waals surface area contributed by atoms with E-state index in [1.54, 1.807) is 23.4 Å². The monoisotopic (exact) mass is 224 g/mol. The number of carbonyl (C=O) groups is 1. The molecule has 80 valence electrons. The molecule has 2 aliphatic rings. The Hall–Kier alpha value is -1.10. The van der Waals surface area contributed by atoms with Crippen LogP contribution in [0.4, 0.5) is 5.69 Å². The molecule has 0 saturated heterocycles. The lowest BCUT2D eigenvalue weighted by molar-refractivity contribution is 0.0682.